The SMILES string of the molecule is CC[C@@H](NC(=O)OCC1c2ccccc2-c2ccccc21)C(=O)Nc1cc(F)c(C(=O)O)c(F)c1. The zero-order chi connectivity index (χ0) is 25.1. The summed E-state index contributed by atoms with van der Waals surface area (Å²) in [5.74, 6) is -5.31. The van der Waals surface area contributed by atoms with Crippen molar-refractivity contribution in [1.82, 2.24) is 5.32 Å². The largest absolute Gasteiger partial charge is 0.477 e. The second-order valence-electron chi connectivity index (χ2n) is 8.04. The molecular weight excluding hydrogens is 458 g/mol. The lowest BCUT2D eigenvalue weighted by Crippen LogP contribution is -2.43. The van der Waals surface area contributed by atoms with Crippen LogP contribution in [0.25, 0.3) is 11.1 Å². The summed E-state index contributed by atoms with van der Waals surface area (Å²) in [4.78, 5) is 36.0. The van der Waals surface area contributed by atoms with Gasteiger partial charge in [0.2, 0.25) is 5.91 Å². The lowest BCUT2D eigenvalue weighted by molar-refractivity contribution is -0.118. The van der Waals surface area contributed by atoms with Gasteiger partial charge in [-0.2, -0.15) is 0 Å². The number of carbonyl (C=O) groups excluding carboxylic acids is 2. The van der Waals surface area contributed by atoms with E-state index >= 15 is 0 Å². The third-order valence-corrected chi connectivity index (χ3v) is 5.88. The number of carboxylic acid groups (broad SMARTS) is 1. The van der Waals surface area contributed by atoms with Gasteiger partial charge in [-0.05, 0) is 40.8 Å². The Morgan fingerprint density at radius 3 is 2.03 bits per heavy atom. The second kappa shape index (κ2) is 9.92. The van der Waals surface area contributed by atoms with Crippen molar-refractivity contribution in [3.05, 3.63) is 89.0 Å². The molecular formula is C26H22F2N2O5. The standard InChI is InChI=1S/C26H22F2N2O5/c1-2-22(24(31)29-14-11-20(27)23(25(32)33)21(28)12-14)30-26(34)35-13-19-17-9-5-3-7-15(17)16-8-4-6-10-18(16)19/h3-12,19,22H,2,13H2,1H3,(H,29,31)(H,30,34)(H,32,33)/t22-/m1/s1. The number of amides is 2. The van der Waals surface area contributed by atoms with E-state index < -0.39 is 41.2 Å². The van der Waals surface area contributed by atoms with Crippen LogP contribution in [0.4, 0.5) is 19.3 Å². The monoisotopic (exact) mass is 480 g/mol. The molecule has 0 saturated heterocycles. The fourth-order valence-electron chi connectivity index (χ4n) is 4.21. The molecule has 0 aromatic heterocycles. The summed E-state index contributed by atoms with van der Waals surface area (Å²) in [5, 5.41) is 13.6. The minimum Gasteiger partial charge on any atom is -0.477 e. The van der Waals surface area contributed by atoms with Gasteiger partial charge in [-0.3, -0.25) is 4.79 Å². The molecule has 7 nitrogen and oxygen atoms in total. The van der Waals surface area contributed by atoms with Crippen molar-refractivity contribution in [3.8, 4) is 11.1 Å². The Morgan fingerprint density at radius 1 is 0.971 bits per heavy atom. The molecule has 0 aliphatic heterocycles. The summed E-state index contributed by atoms with van der Waals surface area (Å²) in [7, 11) is 0. The van der Waals surface area contributed by atoms with Crippen molar-refractivity contribution in [3.63, 3.8) is 0 Å². The molecule has 3 N–H and O–H groups in total. The van der Waals surface area contributed by atoms with Gasteiger partial charge in [0, 0.05) is 11.6 Å². The van der Waals surface area contributed by atoms with Crippen molar-refractivity contribution < 1.29 is 33.0 Å². The van der Waals surface area contributed by atoms with Gasteiger partial charge in [0.25, 0.3) is 0 Å². The van der Waals surface area contributed by atoms with Gasteiger partial charge in [0.15, 0.2) is 0 Å². The van der Waals surface area contributed by atoms with Gasteiger partial charge in [-0.1, -0.05) is 55.5 Å². The molecule has 180 valence electrons. The number of benzene rings is 3. The number of nitrogens with one attached hydrogen (secondary N) is 2. The number of carbonyl (C=O) groups is 3. The molecule has 1 aliphatic rings. The zero-order valence-corrected chi connectivity index (χ0v) is 18.7. The fourth-order valence-corrected chi connectivity index (χ4v) is 4.21. The third kappa shape index (κ3) is 4.84. The van der Waals surface area contributed by atoms with Crippen molar-refractivity contribution in [2.75, 3.05) is 11.9 Å². The van der Waals surface area contributed by atoms with E-state index in [0.717, 1.165) is 22.3 Å². The molecule has 0 spiro atoms. The van der Waals surface area contributed by atoms with Crippen LogP contribution in [0.5, 0.6) is 0 Å². The first-order valence-electron chi connectivity index (χ1n) is 10.9. The first-order chi connectivity index (χ1) is 16.8. The molecule has 0 fully saturated rings. The van der Waals surface area contributed by atoms with E-state index in [1.807, 2.05) is 48.5 Å². The van der Waals surface area contributed by atoms with Crippen LogP contribution in [0, 0.1) is 11.6 Å². The Hall–Kier alpha value is -4.27. The number of ether oxygens (including phenoxy) is 1. The number of halogens is 2. The first kappa shape index (κ1) is 23.9. The molecule has 3 aromatic rings. The van der Waals surface area contributed by atoms with Crippen LogP contribution in [0.3, 0.4) is 0 Å². The van der Waals surface area contributed by atoms with E-state index in [2.05, 4.69) is 10.6 Å². The van der Waals surface area contributed by atoms with E-state index in [-0.39, 0.29) is 24.6 Å². The average molecular weight is 480 g/mol. The number of hydrogen-bond donors (Lipinski definition) is 3. The molecule has 2 amide bonds. The summed E-state index contributed by atoms with van der Waals surface area (Å²) in [5.41, 5.74) is 2.85. The predicted octanol–water partition coefficient (Wildman–Crippen LogP) is 4.92. The molecule has 3 aromatic carbocycles. The van der Waals surface area contributed by atoms with Crippen molar-refractivity contribution in [1.29, 1.82) is 0 Å². The maximum atomic E-state index is 13.9. The van der Waals surface area contributed by atoms with Gasteiger partial charge < -0.3 is 20.5 Å². The molecule has 0 saturated carbocycles. The van der Waals surface area contributed by atoms with Gasteiger partial charge in [0.1, 0.15) is 29.8 Å². The second-order valence-corrected chi connectivity index (χ2v) is 8.04. The highest BCUT2D eigenvalue weighted by atomic mass is 19.1. The fraction of sp³-hybridized carbons (Fsp3) is 0.192. The number of anilines is 1. The van der Waals surface area contributed by atoms with Crippen LogP contribution < -0.4 is 10.6 Å². The van der Waals surface area contributed by atoms with E-state index in [0.29, 0.717) is 12.1 Å². The van der Waals surface area contributed by atoms with Crippen LogP contribution in [0.15, 0.2) is 60.7 Å². The average Bonchev–Trinajstić information content (AvgIpc) is 3.14. The van der Waals surface area contributed by atoms with Crippen LogP contribution >= 0.6 is 0 Å². The molecule has 9 heteroatoms. The topological polar surface area (TPSA) is 105 Å². The normalized spacial score (nSPS) is 12.9. The predicted molar refractivity (Wildman–Crippen MR) is 124 cm³/mol. The van der Waals surface area contributed by atoms with Gasteiger partial charge in [-0.15, -0.1) is 0 Å². The smallest absolute Gasteiger partial charge is 0.407 e. The molecule has 0 heterocycles. The highest BCUT2D eigenvalue weighted by Gasteiger charge is 2.29. The molecule has 4 rings (SSSR count). The lowest BCUT2D eigenvalue weighted by atomic mass is 9.98. The first-order valence-corrected chi connectivity index (χ1v) is 10.9. The van der Waals surface area contributed by atoms with Crippen molar-refractivity contribution >= 4 is 23.7 Å². The summed E-state index contributed by atoms with van der Waals surface area (Å²) in [6, 6.07) is 16.1. The lowest BCUT2D eigenvalue weighted by Gasteiger charge is -2.19. The number of hydrogen-bond acceptors (Lipinski definition) is 4. The molecule has 0 unspecified atom stereocenters. The van der Waals surface area contributed by atoms with Crippen LogP contribution in [-0.4, -0.2) is 35.7 Å². The highest BCUT2D eigenvalue weighted by Crippen LogP contribution is 2.44. The minimum absolute atomic E-state index is 0.0605. The van der Waals surface area contributed by atoms with Crippen molar-refractivity contribution in [2.24, 2.45) is 0 Å². The number of carboxylic acids is 1. The van der Waals surface area contributed by atoms with Crippen LogP contribution in [0.2, 0.25) is 0 Å². The quantitative estimate of drug-likeness (QED) is 0.445. The molecule has 0 bridgehead atoms. The van der Waals surface area contributed by atoms with E-state index in [9.17, 15) is 23.2 Å². The Kier molecular flexibility index (Phi) is 6.77. The molecule has 0 radical (unpaired) electrons. The summed E-state index contributed by atoms with van der Waals surface area (Å²) < 4.78 is 33.2. The van der Waals surface area contributed by atoms with Gasteiger partial charge in [0.05, 0.1) is 0 Å². The molecule has 35 heavy (non-hydrogen) atoms. The maximum Gasteiger partial charge on any atom is 0.407 e. The van der Waals surface area contributed by atoms with Crippen LogP contribution in [-0.2, 0) is 9.53 Å². The Morgan fingerprint density at radius 2 is 1.51 bits per heavy atom. The Balaban J connectivity index is 1.40. The Labute approximate surface area is 199 Å². The van der Waals surface area contributed by atoms with Gasteiger partial charge >= 0.3 is 12.1 Å². The number of aromatic carboxylic acids is 1. The van der Waals surface area contributed by atoms with E-state index in [4.69, 9.17) is 9.84 Å². The number of fused-ring (bicyclic) bond motifs is 3. The number of rotatable bonds is 7. The Bertz CT molecular complexity index is 1240. The van der Waals surface area contributed by atoms with E-state index in [1.165, 1.54) is 0 Å². The molecule has 1 aliphatic carbocycles. The highest BCUT2D eigenvalue weighted by molar-refractivity contribution is 5.97. The minimum atomic E-state index is -1.76. The summed E-state index contributed by atoms with van der Waals surface area (Å²) >= 11 is 0. The maximum absolute atomic E-state index is 13.9. The molecule has 1 atom stereocenters. The van der Waals surface area contributed by atoms with E-state index in [1.54, 1.807) is 6.92 Å². The summed E-state index contributed by atoms with van der Waals surface area (Å²) in [6.45, 7) is 1.70. The number of alkyl carbamates (subject to hydrolysis) is 1. The third-order valence-electron chi connectivity index (χ3n) is 5.88. The van der Waals surface area contributed by atoms with Crippen LogP contribution in [0.1, 0.15) is 40.7 Å². The van der Waals surface area contributed by atoms with Crippen molar-refractivity contribution in [2.45, 2.75) is 25.3 Å². The zero-order valence-electron chi connectivity index (χ0n) is 18.7. The summed E-state index contributed by atoms with van der Waals surface area (Å²) in [6.07, 6.45) is -0.638. The van der Waals surface area contributed by atoms with Gasteiger partial charge in [-0.25, -0.2) is 18.4 Å².